The van der Waals surface area contributed by atoms with Gasteiger partial charge in [-0.3, -0.25) is 9.59 Å². The highest BCUT2D eigenvalue weighted by molar-refractivity contribution is 5.95. The minimum Gasteiger partial charge on any atom is -0.481 e. The Kier molecular flexibility index (Phi) is 7.65. The zero-order chi connectivity index (χ0) is 24.1. The molecular formula is C24H28FN3O5. The van der Waals surface area contributed by atoms with E-state index in [-0.39, 0.29) is 23.8 Å². The lowest BCUT2D eigenvalue weighted by Crippen LogP contribution is -2.33. The minimum absolute atomic E-state index is 0.0576. The standard InChI is InChI=1S/C22H24FN3O3.C2H4O2/c1-13-8-19(14-4-3-7-24-11-14)29-22(28)20(13)21(27)26(2)12-17-10-15-9-16(23)5-6-18(15)25-17;1-2(3)4/h5-6,8-10,14,24-25H,3-4,7,11-12H2,1-2H3;1H3,(H,3,4). The summed E-state index contributed by atoms with van der Waals surface area (Å²) in [6.45, 7) is 4.86. The molecule has 3 heterocycles. The molecule has 1 fully saturated rings. The number of carbonyl (C=O) groups is 2. The normalized spacial score (nSPS) is 15.6. The van der Waals surface area contributed by atoms with E-state index in [1.54, 1.807) is 26.1 Å². The molecule has 0 saturated carbocycles. The number of benzene rings is 1. The van der Waals surface area contributed by atoms with Gasteiger partial charge in [-0.1, -0.05) is 0 Å². The number of hydrogen-bond donors (Lipinski definition) is 3. The number of piperidine rings is 1. The largest absolute Gasteiger partial charge is 0.481 e. The van der Waals surface area contributed by atoms with Gasteiger partial charge in [-0.25, -0.2) is 9.18 Å². The number of aryl methyl sites for hydroxylation is 1. The number of halogens is 1. The number of nitrogens with one attached hydrogen (secondary N) is 2. The van der Waals surface area contributed by atoms with Crippen LogP contribution in [-0.2, 0) is 11.3 Å². The third-order valence-corrected chi connectivity index (χ3v) is 5.47. The van der Waals surface area contributed by atoms with Gasteiger partial charge in [-0.2, -0.15) is 0 Å². The molecule has 1 amide bonds. The van der Waals surface area contributed by atoms with Crippen LogP contribution in [0.4, 0.5) is 4.39 Å². The molecule has 0 spiro atoms. The van der Waals surface area contributed by atoms with E-state index in [0.29, 0.717) is 11.3 Å². The summed E-state index contributed by atoms with van der Waals surface area (Å²) < 4.78 is 18.9. The average molecular weight is 458 g/mol. The Morgan fingerprint density at radius 3 is 2.64 bits per heavy atom. The average Bonchev–Trinajstić information content (AvgIpc) is 3.14. The van der Waals surface area contributed by atoms with E-state index in [0.717, 1.165) is 49.5 Å². The second-order valence-electron chi connectivity index (χ2n) is 8.24. The molecule has 1 aliphatic heterocycles. The molecule has 3 aromatic rings. The van der Waals surface area contributed by atoms with Crippen LogP contribution in [-0.4, -0.2) is 47.0 Å². The van der Waals surface area contributed by atoms with Crippen molar-refractivity contribution in [3.8, 4) is 0 Å². The predicted octanol–water partition coefficient (Wildman–Crippen LogP) is 3.40. The van der Waals surface area contributed by atoms with Crippen LogP contribution in [0.1, 0.15) is 53.1 Å². The topological polar surface area (TPSA) is 116 Å². The summed E-state index contributed by atoms with van der Waals surface area (Å²) in [4.78, 5) is 39.2. The van der Waals surface area contributed by atoms with Crippen molar-refractivity contribution in [3.05, 3.63) is 69.2 Å². The maximum Gasteiger partial charge on any atom is 0.349 e. The second kappa shape index (κ2) is 10.4. The molecule has 8 nitrogen and oxygen atoms in total. The summed E-state index contributed by atoms with van der Waals surface area (Å²) in [5, 5.41) is 11.5. The van der Waals surface area contributed by atoms with Gasteiger partial charge in [0.05, 0.1) is 6.54 Å². The number of fused-ring (bicyclic) bond motifs is 1. The molecule has 1 aliphatic rings. The first-order valence-electron chi connectivity index (χ1n) is 10.7. The van der Waals surface area contributed by atoms with E-state index in [9.17, 15) is 14.0 Å². The van der Waals surface area contributed by atoms with Gasteiger partial charge in [0.25, 0.3) is 11.9 Å². The number of carbonyl (C=O) groups excluding carboxylic acids is 1. The molecular weight excluding hydrogens is 429 g/mol. The quantitative estimate of drug-likeness (QED) is 0.553. The van der Waals surface area contributed by atoms with Crippen LogP contribution in [0.15, 0.2) is 39.5 Å². The van der Waals surface area contributed by atoms with Crippen LogP contribution >= 0.6 is 0 Å². The number of amides is 1. The van der Waals surface area contributed by atoms with Crippen molar-refractivity contribution in [3.63, 3.8) is 0 Å². The molecule has 0 radical (unpaired) electrons. The van der Waals surface area contributed by atoms with Gasteiger partial charge >= 0.3 is 5.63 Å². The molecule has 1 aromatic carbocycles. The van der Waals surface area contributed by atoms with Gasteiger partial charge in [0.15, 0.2) is 0 Å². The smallest absolute Gasteiger partial charge is 0.349 e. The third kappa shape index (κ3) is 6.07. The monoisotopic (exact) mass is 457 g/mol. The Balaban J connectivity index is 0.000000709. The Bertz CT molecular complexity index is 1210. The summed E-state index contributed by atoms with van der Waals surface area (Å²) >= 11 is 0. The number of aliphatic carboxylic acids is 1. The molecule has 1 saturated heterocycles. The highest BCUT2D eigenvalue weighted by Crippen LogP contribution is 2.24. The number of nitrogens with zero attached hydrogens (tertiary/aromatic N) is 1. The summed E-state index contributed by atoms with van der Waals surface area (Å²) in [7, 11) is 1.63. The van der Waals surface area contributed by atoms with E-state index >= 15 is 0 Å². The lowest BCUT2D eigenvalue weighted by molar-refractivity contribution is -0.134. The summed E-state index contributed by atoms with van der Waals surface area (Å²) in [5.74, 6) is -0.747. The molecule has 4 rings (SSSR count). The molecule has 176 valence electrons. The predicted molar refractivity (Wildman–Crippen MR) is 122 cm³/mol. The van der Waals surface area contributed by atoms with Gasteiger partial charge in [-0.15, -0.1) is 0 Å². The maximum absolute atomic E-state index is 13.4. The molecule has 1 unspecified atom stereocenters. The fourth-order valence-corrected chi connectivity index (χ4v) is 3.95. The van der Waals surface area contributed by atoms with Gasteiger partial charge in [-0.05, 0) is 62.2 Å². The zero-order valence-electron chi connectivity index (χ0n) is 18.9. The number of hydrogen-bond acceptors (Lipinski definition) is 5. The van der Waals surface area contributed by atoms with Crippen molar-refractivity contribution in [2.75, 3.05) is 20.1 Å². The van der Waals surface area contributed by atoms with Gasteiger partial charge in [0.1, 0.15) is 17.1 Å². The third-order valence-electron chi connectivity index (χ3n) is 5.47. The van der Waals surface area contributed by atoms with Gasteiger partial charge in [0, 0.05) is 43.0 Å². The highest BCUT2D eigenvalue weighted by atomic mass is 19.1. The first kappa shape index (κ1) is 24.2. The second-order valence-corrected chi connectivity index (χ2v) is 8.24. The Hall–Kier alpha value is -3.46. The van der Waals surface area contributed by atoms with Crippen molar-refractivity contribution in [1.82, 2.24) is 15.2 Å². The van der Waals surface area contributed by atoms with Crippen molar-refractivity contribution in [2.24, 2.45) is 0 Å². The van der Waals surface area contributed by atoms with Crippen LogP contribution in [0.5, 0.6) is 0 Å². The van der Waals surface area contributed by atoms with Crippen LogP contribution in [0, 0.1) is 12.7 Å². The first-order chi connectivity index (χ1) is 15.7. The minimum atomic E-state index is -0.833. The summed E-state index contributed by atoms with van der Waals surface area (Å²) in [6.07, 6.45) is 1.99. The van der Waals surface area contributed by atoms with Crippen LogP contribution < -0.4 is 10.9 Å². The van der Waals surface area contributed by atoms with Gasteiger partial charge < -0.3 is 24.7 Å². The zero-order valence-corrected chi connectivity index (χ0v) is 18.9. The fraction of sp³-hybridized carbons (Fsp3) is 0.375. The number of carboxylic acid groups (broad SMARTS) is 1. The molecule has 0 bridgehead atoms. The van der Waals surface area contributed by atoms with E-state index in [1.165, 1.54) is 17.0 Å². The first-order valence-corrected chi connectivity index (χ1v) is 10.7. The van der Waals surface area contributed by atoms with Crippen LogP contribution in [0.2, 0.25) is 0 Å². The van der Waals surface area contributed by atoms with E-state index < -0.39 is 17.5 Å². The molecule has 1 atom stereocenters. The SMILES string of the molecule is CC(=O)O.Cc1cc(C2CCCNC2)oc(=O)c1C(=O)N(C)Cc1cc2cc(F)ccc2[nH]1. The van der Waals surface area contributed by atoms with Gasteiger partial charge in [0.2, 0.25) is 0 Å². The van der Waals surface area contributed by atoms with E-state index in [4.69, 9.17) is 14.3 Å². The van der Waals surface area contributed by atoms with E-state index in [1.807, 2.05) is 6.07 Å². The maximum atomic E-state index is 13.4. The fourth-order valence-electron chi connectivity index (χ4n) is 3.95. The summed E-state index contributed by atoms with van der Waals surface area (Å²) in [6, 6.07) is 8.10. The van der Waals surface area contributed by atoms with Crippen molar-refractivity contribution < 1.29 is 23.5 Å². The molecule has 3 N–H and O–H groups in total. The molecule has 2 aromatic heterocycles. The van der Waals surface area contributed by atoms with E-state index in [2.05, 4.69) is 10.3 Å². The lowest BCUT2D eigenvalue weighted by Gasteiger charge is -2.22. The molecule has 33 heavy (non-hydrogen) atoms. The highest BCUT2D eigenvalue weighted by Gasteiger charge is 2.24. The Morgan fingerprint density at radius 1 is 1.27 bits per heavy atom. The van der Waals surface area contributed by atoms with Crippen molar-refractivity contribution >= 4 is 22.8 Å². The van der Waals surface area contributed by atoms with Crippen molar-refractivity contribution in [1.29, 1.82) is 0 Å². The Morgan fingerprint density at radius 2 is 2.00 bits per heavy atom. The molecule has 0 aliphatic carbocycles. The number of rotatable bonds is 4. The van der Waals surface area contributed by atoms with Crippen molar-refractivity contribution in [2.45, 2.75) is 39.2 Å². The Labute approximate surface area is 190 Å². The number of aromatic amines is 1. The summed E-state index contributed by atoms with van der Waals surface area (Å²) in [5.41, 5.74) is 1.64. The van der Waals surface area contributed by atoms with Crippen LogP contribution in [0.3, 0.4) is 0 Å². The lowest BCUT2D eigenvalue weighted by atomic mass is 9.95. The number of aromatic nitrogens is 1. The number of H-pyrrole nitrogens is 1. The number of carboxylic acids is 1. The van der Waals surface area contributed by atoms with Crippen LogP contribution in [0.25, 0.3) is 10.9 Å². The molecule has 9 heteroatoms.